The molecule has 0 unspecified atom stereocenters. The zero-order valence-electron chi connectivity index (χ0n) is 11.1. The van der Waals surface area contributed by atoms with E-state index in [1.54, 1.807) is 6.07 Å². The van der Waals surface area contributed by atoms with Crippen LogP contribution in [0.15, 0.2) is 18.2 Å². The lowest BCUT2D eigenvalue weighted by Gasteiger charge is -2.37. The van der Waals surface area contributed by atoms with Crippen molar-refractivity contribution >= 4 is 17.3 Å². The summed E-state index contributed by atoms with van der Waals surface area (Å²) in [5.41, 5.74) is -0.355. The molecule has 0 radical (unpaired) electrons. The smallest absolute Gasteiger partial charge is 0.311 e. The Balaban J connectivity index is 2.14. The van der Waals surface area contributed by atoms with Crippen LogP contribution in [0.1, 0.15) is 19.3 Å². The second-order valence-corrected chi connectivity index (χ2v) is 4.97. The van der Waals surface area contributed by atoms with Crippen molar-refractivity contribution in [1.29, 1.82) is 0 Å². The van der Waals surface area contributed by atoms with Crippen LogP contribution < -0.4 is 10.1 Å². The Morgan fingerprint density at radius 2 is 2.20 bits per heavy atom. The molecule has 0 amide bonds. The monoisotopic (exact) mass is 280 g/mol. The Morgan fingerprint density at radius 1 is 1.50 bits per heavy atom. The SMILES string of the molecule is COc1cc(NCC2(C(=O)O)CCC2)cc([N+](=O)[O-])c1. The first-order chi connectivity index (χ1) is 9.47. The summed E-state index contributed by atoms with van der Waals surface area (Å²) >= 11 is 0. The van der Waals surface area contributed by atoms with Gasteiger partial charge in [-0.1, -0.05) is 6.42 Å². The maximum absolute atomic E-state index is 11.3. The fourth-order valence-electron chi connectivity index (χ4n) is 2.25. The molecule has 0 aromatic heterocycles. The number of hydrogen-bond donors (Lipinski definition) is 2. The summed E-state index contributed by atoms with van der Waals surface area (Å²) in [4.78, 5) is 21.6. The topological polar surface area (TPSA) is 102 Å². The largest absolute Gasteiger partial charge is 0.496 e. The minimum Gasteiger partial charge on any atom is -0.496 e. The Bertz CT molecular complexity index is 540. The third-order valence-corrected chi connectivity index (χ3v) is 3.73. The maximum Gasteiger partial charge on any atom is 0.311 e. The van der Waals surface area contributed by atoms with Crippen molar-refractivity contribution in [2.75, 3.05) is 19.0 Å². The molecule has 108 valence electrons. The summed E-state index contributed by atoms with van der Waals surface area (Å²) < 4.78 is 5.00. The van der Waals surface area contributed by atoms with E-state index < -0.39 is 16.3 Å². The van der Waals surface area contributed by atoms with Crippen molar-refractivity contribution in [3.63, 3.8) is 0 Å². The van der Waals surface area contributed by atoms with Crippen molar-refractivity contribution in [3.05, 3.63) is 28.3 Å². The Kier molecular flexibility index (Phi) is 3.78. The molecule has 7 heteroatoms. The number of aliphatic carboxylic acids is 1. The number of nitro benzene ring substituents is 1. The van der Waals surface area contributed by atoms with E-state index >= 15 is 0 Å². The molecule has 1 fully saturated rings. The number of rotatable bonds is 6. The number of carboxylic acid groups (broad SMARTS) is 1. The fourth-order valence-corrected chi connectivity index (χ4v) is 2.25. The van der Waals surface area contributed by atoms with Crippen molar-refractivity contribution in [3.8, 4) is 5.75 Å². The first-order valence-electron chi connectivity index (χ1n) is 6.28. The van der Waals surface area contributed by atoms with Gasteiger partial charge in [0.1, 0.15) is 5.75 Å². The summed E-state index contributed by atoms with van der Waals surface area (Å²) in [5.74, 6) is -0.465. The number of nitrogens with one attached hydrogen (secondary N) is 1. The first-order valence-corrected chi connectivity index (χ1v) is 6.28. The van der Waals surface area contributed by atoms with Crippen LogP contribution in [-0.4, -0.2) is 29.7 Å². The molecule has 0 atom stereocenters. The van der Waals surface area contributed by atoms with Gasteiger partial charge in [-0.05, 0) is 12.8 Å². The van der Waals surface area contributed by atoms with E-state index in [1.165, 1.54) is 19.2 Å². The van der Waals surface area contributed by atoms with Crippen LogP contribution in [0.3, 0.4) is 0 Å². The fraction of sp³-hybridized carbons (Fsp3) is 0.462. The van der Waals surface area contributed by atoms with E-state index in [2.05, 4.69) is 5.32 Å². The van der Waals surface area contributed by atoms with Gasteiger partial charge in [0.2, 0.25) is 0 Å². The summed E-state index contributed by atoms with van der Waals surface area (Å²) in [5, 5.41) is 23.0. The minimum atomic E-state index is -0.825. The van der Waals surface area contributed by atoms with Crippen LogP contribution >= 0.6 is 0 Å². The molecule has 1 aromatic carbocycles. The lowest BCUT2D eigenvalue weighted by atomic mass is 9.69. The minimum absolute atomic E-state index is 0.0927. The predicted octanol–water partition coefficient (Wildman–Crippen LogP) is 2.27. The van der Waals surface area contributed by atoms with E-state index in [0.29, 0.717) is 24.3 Å². The van der Waals surface area contributed by atoms with Gasteiger partial charge in [0.15, 0.2) is 0 Å². The van der Waals surface area contributed by atoms with E-state index in [1.807, 2.05) is 0 Å². The zero-order chi connectivity index (χ0) is 14.8. The number of ether oxygens (including phenoxy) is 1. The van der Waals surface area contributed by atoms with Gasteiger partial charge in [0.25, 0.3) is 5.69 Å². The van der Waals surface area contributed by atoms with Gasteiger partial charge >= 0.3 is 5.97 Å². The van der Waals surface area contributed by atoms with Crippen molar-refractivity contribution in [2.45, 2.75) is 19.3 Å². The van der Waals surface area contributed by atoms with Crippen LogP contribution in [0.4, 0.5) is 11.4 Å². The number of nitrogens with zero attached hydrogens (tertiary/aromatic N) is 1. The molecular weight excluding hydrogens is 264 g/mol. The van der Waals surface area contributed by atoms with Gasteiger partial charge in [-0.2, -0.15) is 0 Å². The van der Waals surface area contributed by atoms with Crippen LogP contribution in [0, 0.1) is 15.5 Å². The summed E-state index contributed by atoms with van der Waals surface area (Å²) in [6.07, 6.45) is 2.15. The molecule has 1 aliphatic carbocycles. The third-order valence-electron chi connectivity index (χ3n) is 3.73. The molecule has 1 saturated carbocycles. The van der Waals surface area contributed by atoms with Crippen molar-refractivity contribution in [2.24, 2.45) is 5.41 Å². The molecule has 2 rings (SSSR count). The van der Waals surface area contributed by atoms with Crippen LogP contribution in [0.25, 0.3) is 0 Å². The number of methoxy groups -OCH3 is 1. The van der Waals surface area contributed by atoms with Gasteiger partial charge in [0, 0.05) is 24.4 Å². The molecule has 7 nitrogen and oxygen atoms in total. The standard InChI is InChI=1S/C13H16N2O5/c1-20-11-6-9(5-10(7-11)15(18)19)14-8-13(12(16)17)3-2-4-13/h5-7,14H,2-4,8H2,1H3,(H,16,17). The highest BCUT2D eigenvalue weighted by molar-refractivity contribution is 5.76. The van der Waals surface area contributed by atoms with E-state index in [0.717, 1.165) is 6.42 Å². The number of benzene rings is 1. The summed E-state index contributed by atoms with van der Waals surface area (Å²) in [6, 6.07) is 4.31. The Morgan fingerprint density at radius 3 is 2.65 bits per heavy atom. The molecule has 20 heavy (non-hydrogen) atoms. The van der Waals surface area contributed by atoms with Gasteiger partial charge in [-0.25, -0.2) is 0 Å². The number of hydrogen-bond acceptors (Lipinski definition) is 5. The van der Waals surface area contributed by atoms with Crippen LogP contribution in [0.2, 0.25) is 0 Å². The van der Waals surface area contributed by atoms with Gasteiger partial charge < -0.3 is 15.2 Å². The molecule has 0 spiro atoms. The molecule has 0 heterocycles. The molecule has 1 aliphatic rings. The van der Waals surface area contributed by atoms with Gasteiger partial charge in [0.05, 0.1) is 23.5 Å². The third kappa shape index (κ3) is 2.66. The molecule has 1 aromatic rings. The average molecular weight is 280 g/mol. The normalized spacial score (nSPS) is 16.1. The Hall–Kier alpha value is -2.31. The highest BCUT2D eigenvalue weighted by Gasteiger charge is 2.44. The van der Waals surface area contributed by atoms with E-state index in [-0.39, 0.29) is 12.2 Å². The molecule has 0 saturated heterocycles. The number of carboxylic acids is 1. The average Bonchev–Trinajstić information content (AvgIpc) is 2.36. The number of anilines is 1. The summed E-state index contributed by atoms with van der Waals surface area (Å²) in [6.45, 7) is 0.257. The second kappa shape index (κ2) is 5.36. The first kappa shape index (κ1) is 14.1. The molecule has 0 bridgehead atoms. The number of non-ortho nitro benzene ring substituents is 1. The van der Waals surface area contributed by atoms with E-state index in [9.17, 15) is 20.0 Å². The lowest BCUT2D eigenvalue weighted by Crippen LogP contribution is -2.43. The maximum atomic E-state index is 11.3. The summed E-state index contributed by atoms with van der Waals surface area (Å²) in [7, 11) is 1.42. The lowest BCUT2D eigenvalue weighted by molar-refractivity contribution is -0.384. The van der Waals surface area contributed by atoms with Crippen LogP contribution in [-0.2, 0) is 4.79 Å². The van der Waals surface area contributed by atoms with Gasteiger partial charge in [-0.3, -0.25) is 14.9 Å². The zero-order valence-corrected chi connectivity index (χ0v) is 11.1. The molecular formula is C13H16N2O5. The van der Waals surface area contributed by atoms with Crippen molar-refractivity contribution in [1.82, 2.24) is 0 Å². The highest BCUT2D eigenvalue weighted by Crippen LogP contribution is 2.41. The highest BCUT2D eigenvalue weighted by atomic mass is 16.6. The van der Waals surface area contributed by atoms with Gasteiger partial charge in [-0.15, -0.1) is 0 Å². The molecule has 0 aliphatic heterocycles. The number of nitro groups is 1. The van der Waals surface area contributed by atoms with Crippen LogP contribution in [0.5, 0.6) is 5.75 Å². The molecule has 2 N–H and O–H groups in total. The number of carbonyl (C=O) groups is 1. The Labute approximate surface area is 115 Å². The van der Waals surface area contributed by atoms with Crippen molar-refractivity contribution < 1.29 is 19.6 Å². The quantitative estimate of drug-likeness (QED) is 0.612. The van der Waals surface area contributed by atoms with E-state index in [4.69, 9.17) is 4.74 Å². The predicted molar refractivity (Wildman–Crippen MR) is 72.1 cm³/mol. The second-order valence-electron chi connectivity index (χ2n) is 4.97.